The first-order valence-corrected chi connectivity index (χ1v) is 21.8. The van der Waals surface area contributed by atoms with Crippen LogP contribution in [0.4, 0.5) is 26.0 Å². The number of aromatic amines is 2. The highest BCUT2D eigenvalue weighted by atomic mass is 16.6. The number of hydrogen-bond acceptors (Lipinski definition) is 14. The molecule has 6 aromatic rings. The first-order chi connectivity index (χ1) is 32.3. The minimum Gasteiger partial charge on any atom is -0.480 e. The summed E-state index contributed by atoms with van der Waals surface area (Å²) < 4.78 is 15.8. The van der Waals surface area contributed by atoms with Gasteiger partial charge in [0.15, 0.2) is 0 Å². The number of esters is 1. The number of H-pyrrole nitrogens is 2. The molecule has 4 aliphatic rings. The lowest BCUT2D eigenvalue weighted by Crippen LogP contribution is -2.54. The molecule has 21 heteroatoms. The SMILES string of the molecule is C.COC(=O)[C@H](N)Cc1cc(C)c2[nH]ncc2c1.Cc1cc(C[C@@H](NC(=O)N2CCC3(CC2)OC(=O)Nc2ncccc23)C(=O)O)cc2cn[nH]c12.O=C1Nc2ncccc2C2(CCNCC2)O1. The van der Waals surface area contributed by atoms with E-state index in [2.05, 4.69) is 56.4 Å². The molecule has 0 radical (unpaired) electrons. The first-order valence-electron chi connectivity index (χ1n) is 21.8. The van der Waals surface area contributed by atoms with Crippen LogP contribution in [-0.2, 0) is 47.8 Å². The number of anilines is 2. The smallest absolute Gasteiger partial charge is 0.413 e. The van der Waals surface area contributed by atoms with Gasteiger partial charge < -0.3 is 40.6 Å². The fraction of sp³-hybridized carbons (Fsp3) is 0.383. The van der Waals surface area contributed by atoms with Crippen LogP contribution in [0.5, 0.6) is 0 Å². The number of nitrogens with two attached hydrogens (primary N) is 1. The number of hydrogen-bond donors (Lipinski definition) is 8. The number of benzene rings is 2. The van der Waals surface area contributed by atoms with Crippen molar-refractivity contribution in [1.29, 1.82) is 0 Å². The molecule has 0 bridgehead atoms. The predicted octanol–water partition coefficient (Wildman–Crippen LogP) is 5.30. The third-order valence-electron chi connectivity index (χ3n) is 12.5. The van der Waals surface area contributed by atoms with Gasteiger partial charge in [0.25, 0.3) is 0 Å². The van der Waals surface area contributed by atoms with Crippen molar-refractivity contribution in [3.8, 4) is 0 Å². The van der Waals surface area contributed by atoms with Gasteiger partial charge in [-0.25, -0.2) is 29.1 Å². The largest absolute Gasteiger partial charge is 0.480 e. The van der Waals surface area contributed by atoms with E-state index in [1.807, 2.05) is 56.3 Å². The van der Waals surface area contributed by atoms with Crippen molar-refractivity contribution < 1.29 is 43.3 Å². The molecule has 2 spiro atoms. The summed E-state index contributed by atoms with van der Waals surface area (Å²) >= 11 is 0. The Bertz CT molecular complexity index is 2810. The predicted molar refractivity (Wildman–Crippen MR) is 251 cm³/mol. The van der Waals surface area contributed by atoms with Gasteiger partial charge in [-0.2, -0.15) is 10.2 Å². The molecule has 2 fully saturated rings. The molecule has 8 heterocycles. The molecule has 2 saturated heterocycles. The van der Waals surface area contributed by atoms with E-state index in [-0.39, 0.29) is 13.8 Å². The standard InChI is InChI=1S/C23H24N6O5.C12H15N3O2.C11H13N3O2.CH4/c1-13-9-14(10-15-12-25-28-18(13)15)11-17(20(30)31)26-21(32)29-7-4-23(5-8-29)16-3-2-6-24-19(16)27-22(33)34-23;1-7-3-8(5-10(13)12(16)17-2)4-9-6-14-15-11(7)9;15-10-14-9-8(2-1-5-13-9)11(16-10)3-6-12-7-4-11;/h2-3,6,9-10,12,17H,4-5,7-8,11H2,1H3,(H,25,28)(H,26,32)(H,30,31)(H,24,27,33);3-4,6,10H,5,13H2,1-2H3,(H,14,15);1-2,5,12H,3-4,6-7H2,(H,13,14,15);1H4/t17-;10-;;/m11../s1. The zero-order valence-electron chi connectivity index (χ0n) is 37.2. The Labute approximate surface area is 391 Å². The Balaban J connectivity index is 0.000000168. The minimum atomic E-state index is -1.11. The van der Waals surface area contributed by atoms with Gasteiger partial charge in [0, 0.05) is 79.5 Å². The van der Waals surface area contributed by atoms with Crippen molar-refractivity contribution in [2.45, 2.75) is 83.1 Å². The molecule has 0 saturated carbocycles. The average molecular weight is 933 g/mol. The number of aromatic nitrogens is 6. The maximum absolute atomic E-state index is 12.9. The number of piperidine rings is 2. The summed E-state index contributed by atoms with van der Waals surface area (Å²) in [4.78, 5) is 69.6. The fourth-order valence-corrected chi connectivity index (χ4v) is 9.12. The lowest BCUT2D eigenvalue weighted by atomic mass is 9.83. The van der Waals surface area contributed by atoms with E-state index in [0.29, 0.717) is 44.0 Å². The van der Waals surface area contributed by atoms with E-state index in [1.165, 1.54) is 7.11 Å². The second kappa shape index (κ2) is 20.5. The van der Waals surface area contributed by atoms with Crippen LogP contribution in [-0.4, -0.2) is 116 Å². The van der Waals surface area contributed by atoms with Crippen molar-refractivity contribution in [1.82, 2.24) is 45.9 Å². The van der Waals surface area contributed by atoms with Gasteiger partial charge >= 0.3 is 30.2 Å². The molecule has 4 amide bonds. The summed E-state index contributed by atoms with van der Waals surface area (Å²) in [6.07, 6.45) is 8.75. The number of amides is 4. The summed E-state index contributed by atoms with van der Waals surface area (Å²) in [5.41, 5.74) is 11.9. The van der Waals surface area contributed by atoms with Gasteiger partial charge in [0.2, 0.25) is 0 Å². The normalized spacial score (nSPS) is 17.1. The Kier molecular flexibility index (Phi) is 14.5. The van der Waals surface area contributed by atoms with Crippen molar-refractivity contribution in [3.63, 3.8) is 0 Å². The second-order valence-electron chi connectivity index (χ2n) is 16.9. The van der Waals surface area contributed by atoms with Crippen LogP contribution < -0.4 is 27.0 Å². The fourth-order valence-electron chi connectivity index (χ4n) is 9.12. The number of nitrogens with one attached hydrogen (secondary N) is 6. The van der Waals surface area contributed by atoms with Crippen LogP contribution in [0.3, 0.4) is 0 Å². The van der Waals surface area contributed by atoms with E-state index >= 15 is 0 Å². The molecule has 358 valence electrons. The third-order valence-corrected chi connectivity index (χ3v) is 12.5. The number of likely N-dealkylation sites (tertiary alicyclic amines) is 1. The molecule has 21 nitrogen and oxygen atoms in total. The monoisotopic (exact) mass is 932 g/mol. The van der Waals surface area contributed by atoms with Gasteiger partial charge in [-0.3, -0.25) is 25.6 Å². The highest BCUT2D eigenvalue weighted by molar-refractivity contribution is 5.89. The zero-order chi connectivity index (χ0) is 47.3. The summed E-state index contributed by atoms with van der Waals surface area (Å²) in [7, 11) is 1.34. The van der Waals surface area contributed by atoms with Crippen molar-refractivity contribution in [2.24, 2.45) is 5.73 Å². The molecular formula is C47H56N12O9. The molecule has 10 rings (SSSR count). The number of nitrogens with zero attached hydrogens (tertiary/aromatic N) is 5. The number of aliphatic carboxylic acids is 1. The number of urea groups is 1. The third kappa shape index (κ3) is 10.3. The van der Waals surface area contributed by atoms with Crippen LogP contribution in [0.1, 0.15) is 66.5 Å². The van der Waals surface area contributed by atoms with Crippen LogP contribution in [0, 0.1) is 13.8 Å². The molecule has 9 N–H and O–H groups in total. The number of ether oxygens (including phenoxy) is 3. The van der Waals surface area contributed by atoms with Gasteiger partial charge in [-0.15, -0.1) is 0 Å². The molecule has 0 aliphatic carbocycles. The van der Waals surface area contributed by atoms with E-state index < -0.39 is 53.4 Å². The van der Waals surface area contributed by atoms with Crippen LogP contribution in [0.2, 0.25) is 0 Å². The zero-order valence-corrected chi connectivity index (χ0v) is 37.2. The van der Waals surface area contributed by atoms with E-state index in [9.17, 15) is 29.1 Å². The van der Waals surface area contributed by atoms with Gasteiger partial charge in [0.1, 0.15) is 34.9 Å². The van der Waals surface area contributed by atoms with Gasteiger partial charge in [0.05, 0.1) is 30.5 Å². The van der Waals surface area contributed by atoms with Crippen molar-refractivity contribution in [2.75, 3.05) is 43.9 Å². The molecule has 0 unspecified atom stereocenters. The number of carboxylic acid groups (broad SMARTS) is 1. The molecule has 4 aromatic heterocycles. The Morgan fingerprint density at radius 3 is 1.81 bits per heavy atom. The highest BCUT2D eigenvalue weighted by Gasteiger charge is 2.46. The van der Waals surface area contributed by atoms with E-state index in [4.69, 9.17) is 15.2 Å². The number of rotatable bonds is 7. The summed E-state index contributed by atoms with van der Waals surface area (Å²) in [6.45, 7) is 6.25. The highest BCUT2D eigenvalue weighted by Crippen LogP contribution is 2.43. The van der Waals surface area contributed by atoms with Crippen molar-refractivity contribution in [3.05, 3.63) is 107 Å². The number of carbonyl (C=O) groups excluding carboxylic acids is 4. The number of carbonyl (C=O) groups is 5. The van der Waals surface area contributed by atoms with Gasteiger partial charge in [-0.05, 0) is 92.0 Å². The first kappa shape index (κ1) is 48.3. The Morgan fingerprint density at radius 2 is 1.31 bits per heavy atom. The van der Waals surface area contributed by atoms with E-state index in [0.717, 1.165) is 81.1 Å². The van der Waals surface area contributed by atoms with E-state index in [1.54, 1.807) is 35.8 Å². The number of fused-ring (bicyclic) bond motifs is 6. The summed E-state index contributed by atoms with van der Waals surface area (Å²) in [6, 6.07) is 13.1. The molecule has 4 aliphatic heterocycles. The van der Waals surface area contributed by atoms with Crippen LogP contribution in [0.25, 0.3) is 21.8 Å². The minimum absolute atomic E-state index is 0. The maximum atomic E-state index is 12.9. The Hall–Kier alpha value is -7.65. The summed E-state index contributed by atoms with van der Waals surface area (Å²) in [5, 5.41) is 36.7. The molecule has 2 atom stereocenters. The number of aryl methyl sites for hydroxylation is 2. The maximum Gasteiger partial charge on any atom is 0.413 e. The average Bonchev–Trinajstić information content (AvgIpc) is 4.00. The molecule has 2 aromatic carbocycles. The Morgan fingerprint density at radius 1 is 0.809 bits per heavy atom. The van der Waals surface area contributed by atoms with Crippen LogP contribution in [0.15, 0.2) is 73.3 Å². The van der Waals surface area contributed by atoms with Crippen LogP contribution >= 0.6 is 0 Å². The van der Waals surface area contributed by atoms with Crippen molar-refractivity contribution >= 4 is 63.6 Å². The quantitative estimate of drug-likeness (QED) is 0.0745. The lowest BCUT2D eigenvalue weighted by molar-refractivity contribution is -0.142. The number of carboxylic acids is 1. The number of methoxy groups -OCH3 is 1. The number of pyridine rings is 2. The van der Waals surface area contributed by atoms with Gasteiger partial charge in [-0.1, -0.05) is 19.6 Å². The molecule has 68 heavy (non-hydrogen) atoms. The topological polar surface area (TPSA) is 294 Å². The summed E-state index contributed by atoms with van der Waals surface area (Å²) in [5.74, 6) is -0.401. The molecular weight excluding hydrogens is 877 g/mol. The lowest BCUT2D eigenvalue weighted by Gasteiger charge is -2.43. The second-order valence-corrected chi connectivity index (χ2v) is 16.9.